The van der Waals surface area contributed by atoms with Gasteiger partial charge in [0, 0.05) is 19.4 Å². The van der Waals surface area contributed by atoms with Crippen molar-refractivity contribution in [2.24, 2.45) is 11.8 Å². The van der Waals surface area contributed by atoms with Gasteiger partial charge in [-0.2, -0.15) is 0 Å². The zero-order chi connectivity index (χ0) is 9.72. The number of hydrogen-bond acceptors (Lipinski definition) is 2. The summed E-state index contributed by atoms with van der Waals surface area (Å²) in [6.45, 7) is 5.44. The molecule has 1 amide bonds. The number of rotatable bonds is 4. The van der Waals surface area contributed by atoms with E-state index in [-0.39, 0.29) is 23.5 Å². The van der Waals surface area contributed by atoms with Crippen LogP contribution < -0.4 is 5.32 Å². The predicted molar refractivity (Wildman–Crippen MR) is 47.7 cm³/mol. The van der Waals surface area contributed by atoms with Crippen LogP contribution in [0.2, 0.25) is 0 Å². The number of hydrogen-bond donors (Lipinski definition) is 1. The van der Waals surface area contributed by atoms with Crippen molar-refractivity contribution in [3.05, 3.63) is 0 Å². The van der Waals surface area contributed by atoms with E-state index in [4.69, 9.17) is 0 Å². The molecule has 1 N–H and O–H groups in total. The molecule has 0 radical (unpaired) electrons. The highest BCUT2D eigenvalue weighted by molar-refractivity contribution is 5.85. The van der Waals surface area contributed by atoms with Gasteiger partial charge in [0.2, 0.25) is 5.91 Å². The largest absolute Gasteiger partial charge is 0.359 e. The molecule has 3 heteroatoms. The molecule has 3 nitrogen and oxygen atoms in total. The van der Waals surface area contributed by atoms with Crippen LogP contribution in [0.5, 0.6) is 0 Å². The summed E-state index contributed by atoms with van der Waals surface area (Å²) in [7, 11) is 1.58. The Labute approximate surface area is 73.5 Å². The Hall–Kier alpha value is -0.860. The lowest BCUT2D eigenvalue weighted by atomic mass is 9.89. The third-order valence-electron chi connectivity index (χ3n) is 2.01. The Bertz CT molecular complexity index is 175. The van der Waals surface area contributed by atoms with Crippen molar-refractivity contribution in [1.82, 2.24) is 5.32 Å². The third-order valence-corrected chi connectivity index (χ3v) is 2.01. The van der Waals surface area contributed by atoms with Crippen molar-refractivity contribution in [2.45, 2.75) is 27.2 Å². The molecule has 0 saturated carbocycles. The van der Waals surface area contributed by atoms with Crippen LogP contribution in [-0.4, -0.2) is 18.7 Å². The van der Waals surface area contributed by atoms with Crippen molar-refractivity contribution in [3.63, 3.8) is 0 Å². The molecule has 0 saturated heterocycles. The topological polar surface area (TPSA) is 46.2 Å². The first kappa shape index (κ1) is 11.1. The molecule has 0 aromatic rings. The van der Waals surface area contributed by atoms with Gasteiger partial charge in [0.25, 0.3) is 0 Å². The number of nitrogens with one attached hydrogen (secondary N) is 1. The Morgan fingerprint density at radius 1 is 1.33 bits per heavy atom. The molecule has 0 aromatic heterocycles. The maximum Gasteiger partial charge on any atom is 0.220 e. The van der Waals surface area contributed by atoms with E-state index >= 15 is 0 Å². The minimum Gasteiger partial charge on any atom is -0.359 e. The van der Waals surface area contributed by atoms with Crippen molar-refractivity contribution in [3.8, 4) is 0 Å². The molecule has 0 aliphatic rings. The maximum absolute atomic E-state index is 11.1. The van der Waals surface area contributed by atoms with Crippen molar-refractivity contribution in [1.29, 1.82) is 0 Å². The van der Waals surface area contributed by atoms with Crippen molar-refractivity contribution >= 4 is 11.7 Å². The summed E-state index contributed by atoms with van der Waals surface area (Å²) < 4.78 is 0. The van der Waals surface area contributed by atoms with Gasteiger partial charge in [-0.1, -0.05) is 13.8 Å². The van der Waals surface area contributed by atoms with Crippen LogP contribution in [0.3, 0.4) is 0 Å². The van der Waals surface area contributed by atoms with E-state index in [1.54, 1.807) is 7.05 Å². The Balaban J connectivity index is 4.14. The maximum atomic E-state index is 11.1. The minimum absolute atomic E-state index is 0.0658. The van der Waals surface area contributed by atoms with E-state index in [0.29, 0.717) is 6.42 Å². The lowest BCUT2D eigenvalue weighted by Crippen LogP contribution is -2.27. The molecule has 0 heterocycles. The van der Waals surface area contributed by atoms with Crippen LogP contribution in [0.25, 0.3) is 0 Å². The van der Waals surface area contributed by atoms with E-state index in [0.717, 1.165) is 0 Å². The van der Waals surface area contributed by atoms with E-state index < -0.39 is 0 Å². The Morgan fingerprint density at radius 3 is 2.08 bits per heavy atom. The second-order valence-electron chi connectivity index (χ2n) is 3.34. The molecular weight excluding hydrogens is 154 g/mol. The molecule has 0 bridgehead atoms. The normalized spacial score (nSPS) is 12.8. The summed E-state index contributed by atoms with van der Waals surface area (Å²) in [4.78, 5) is 22.0. The highest BCUT2D eigenvalue weighted by atomic mass is 16.2. The summed E-state index contributed by atoms with van der Waals surface area (Å²) in [6, 6.07) is 0. The minimum atomic E-state index is -0.134. The predicted octanol–water partition coefficient (Wildman–Crippen LogP) is 0.984. The highest BCUT2D eigenvalue weighted by Crippen LogP contribution is 2.15. The lowest BCUT2D eigenvalue weighted by molar-refractivity contribution is -0.128. The molecule has 0 aromatic carbocycles. The molecule has 0 spiro atoms. The number of ketones is 1. The fourth-order valence-corrected chi connectivity index (χ4v) is 1.15. The first-order chi connectivity index (χ1) is 5.49. The van der Waals surface area contributed by atoms with E-state index in [1.807, 2.05) is 13.8 Å². The zero-order valence-corrected chi connectivity index (χ0v) is 8.18. The molecule has 0 rings (SSSR count). The summed E-state index contributed by atoms with van der Waals surface area (Å²) >= 11 is 0. The number of carbonyl (C=O) groups excluding carboxylic acids is 2. The molecule has 0 aliphatic heterocycles. The van der Waals surface area contributed by atoms with Crippen molar-refractivity contribution < 1.29 is 9.59 Å². The standard InChI is InChI=1S/C9H17NO2/c1-6(2)8(7(3)11)5-9(12)10-4/h6,8H,5H2,1-4H3,(H,10,12). The number of Topliss-reactive ketones (excluding diaryl/α,β-unsaturated/α-hetero) is 1. The quantitative estimate of drug-likeness (QED) is 0.685. The van der Waals surface area contributed by atoms with E-state index in [1.165, 1.54) is 6.92 Å². The monoisotopic (exact) mass is 171 g/mol. The van der Waals surface area contributed by atoms with Gasteiger partial charge in [0.05, 0.1) is 0 Å². The molecule has 1 unspecified atom stereocenters. The summed E-state index contributed by atoms with van der Waals surface area (Å²) in [5.41, 5.74) is 0. The number of amides is 1. The van der Waals surface area contributed by atoms with Crippen LogP contribution >= 0.6 is 0 Å². The summed E-state index contributed by atoms with van der Waals surface area (Å²) in [6.07, 6.45) is 0.309. The van der Waals surface area contributed by atoms with Gasteiger partial charge in [-0.15, -0.1) is 0 Å². The van der Waals surface area contributed by atoms with E-state index in [2.05, 4.69) is 5.32 Å². The second kappa shape index (κ2) is 4.91. The second-order valence-corrected chi connectivity index (χ2v) is 3.34. The Kier molecular flexibility index (Phi) is 4.55. The zero-order valence-electron chi connectivity index (χ0n) is 8.18. The smallest absolute Gasteiger partial charge is 0.220 e. The SMILES string of the molecule is CNC(=O)CC(C(C)=O)C(C)C. The van der Waals surface area contributed by atoms with Crippen LogP contribution in [-0.2, 0) is 9.59 Å². The first-order valence-corrected chi connectivity index (χ1v) is 4.20. The molecule has 1 atom stereocenters. The highest BCUT2D eigenvalue weighted by Gasteiger charge is 2.20. The van der Waals surface area contributed by atoms with Crippen LogP contribution in [0.15, 0.2) is 0 Å². The molecule has 0 aliphatic carbocycles. The Morgan fingerprint density at radius 2 is 1.83 bits per heavy atom. The van der Waals surface area contributed by atoms with Gasteiger partial charge in [-0.05, 0) is 12.8 Å². The molecule has 70 valence electrons. The fraction of sp³-hybridized carbons (Fsp3) is 0.778. The van der Waals surface area contributed by atoms with Gasteiger partial charge in [-0.25, -0.2) is 0 Å². The fourth-order valence-electron chi connectivity index (χ4n) is 1.15. The van der Waals surface area contributed by atoms with Crippen LogP contribution in [0.1, 0.15) is 27.2 Å². The summed E-state index contributed by atoms with van der Waals surface area (Å²) in [5, 5.41) is 2.51. The van der Waals surface area contributed by atoms with E-state index in [9.17, 15) is 9.59 Å². The first-order valence-electron chi connectivity index (χ1n) is 4.20. The van der Waals surface area contributed by atoms with Gasteiger partial charge < -0.3 is 5.32 Å². The van der Waals surface area contributed by atoms with Gasteiger partial charge in [0.1, 0.15) is 5.78 Å². The molecule has 0 fully saturated rings. The third kappa shape index (κ3) is 3.51. The van der Waals surface area contributed by atoms with Crippen LogP contribution in [0.4, 0.5) is 0 Å². The molecular formula is C9H17NO2. The van der Waals surface area contributed by atoms with Gasteiger partial charge >= 0.3 is 0 Å². The average molecular weight is 171 g/mol. The van der Waals surface area contributed by atoms with Gasteiger partial charge in [0.15, 0.2) is 0 Å². The average Bonchev–Trinajstić information content (AvgIpc) is 1.98. The number of carbonyl (C=O) groups is 2. The molecule has 12 heavy (non-hydrogen) atoms. The lowest BCUT2D eigenvalue weighted by Gasteiger charge is -2.16. The van der Waals surface area contributed by atoms with Crippen LogP contribution in [0, 0.1) is 11.8 Å². The van der Waals surface area contributed by atoms with Crippen molar-refractivity contribution in [2.75, 3.05) is 7.05 Å². The van der Waals surface area contributed by atoms with Gasteiger partial charge in [-0.3, -0.25) is 9.59 Å². The summed E-state index contributed by atoms with van der Waals surface area (Å²) in [5.74, 6) is 0.127.